The van der Waals surface area contributed by atoms with Crippen LogP contribution in [0.2, 0.25) is 0 Å². The number of carbonyl (C=O) groups is 1. The van der Waals surface area contributed by atoms with Crippen molar-refractivity contribution in [1.82, 2.24) is 0 Å². The summed E-state index contributed by atoms with van der Waals surface area (Å²) >= 11 is 0. The van der Waals surface area contributed by atoms with Crippen LogP contribution in [0.4, 0.5) is 4.39 Å². The fraction of sp³-hybridized carbons (Fsp3) is 0.300. The van der Waals surface area contributed by atoms with Crippen LogP contribution in [0.15, 0.2) is 12.1 Å². The summed E-state index contributed by atoms with van der Waals surface area (Å²) in [6.07, 6.45) is 0.711. The summed E-state index contributed by atoms with van der Waals surface area (Å²) in [4.78, 5) is 10.5. The maximum Gasteiger partial charge on any atom is 0.338 e. The van der Waals surface area contributed by atoms with E-state index in [1.807, 2.05) is 6.92 Å². The highest BCUT2D eigenvalue weighted by Crippen LogP contribution is 2.17. The Bertz CT molecular complexity index is 345. The van der Waals surface area contributed by atoms with Crippen molar-refractivity contribution in [3.63, 3.8) is 0 Å². The highest BCUT2D eigenvalue weighted by atomic mass is 19.1. The number of benzene rings is 1. The molecule has 0 heterocycles. The second kappa shape index (κ2) is 3.56. The number of carboxylic acid groups (broad SMARTS) is 1. The number of rotatable bonds is 2. The second-order valence-electron chi connectivity index (χ2n) is 2.87. The first kappa shape index (κ1) is 9.71. The van der Waals surface area contributed by atoms with E-state index in [9.17, 15) is 9.18 Å². The first-order chi connectivity index (χ1) is 6.07. The molecule has 1 aromatic rings. The minimum Gasteiger partial charge on any atom is -0.478 e. The van der Waals surface area contributed by atoms with Crippen LogP contribution in [0.3, 0.4) is 0 Å². The van der Waals surface area contributed by atoms with Gasteiger partial charge in [0.25, 0.3) is 0 Å². The molecule has 0 aliphatic carbocycles. The maximum absolute atomic E-state index is 13.3. The standard InChI is InChI=1S/C10H11FO2/c1-3-7-4-5-8(10(12)13)9(11)6(7)2/h4-5H,3H2,1-2H3,(H,12,13). The molecule has 0 unspecified atom stereocenters. The Balaban J connectivity index is 3.31. The summed E-state index contributed by atoms with van der Waals surface area (Å²) in [5.74, 6) is -1.84. The van der Waals surface area contributed by atoms with Gasteiger partial charge in [-0.25, -0.2) is 9.18 Å². The van der Waals surface area contributed by atoms with Crippen LogP contribution in [0.1, 0.15) is 28.4 Å². The van der Waals surface area contributed by atoms with Crippen LogP contribution in [-0.2, 0) is 6.42 Å². The predicted molar refractivity (Wildman–Crippen MR) is 47.5 cm³/mol. The normalized spacial score (nSPS) is 10.1. The van der Waals surface area contributed by atoms with Gasteiger partial charge in [-0.1, -0.05) is 13.0 Å². The van der Waals surface area contributed by atoms with Gasteiger partial charge in [-0.05, 0) is 30.5 Å². The third-order valence-corrected chi connectivity index (χ3v) is 2.11. The zero-order valence-electron chi connectivity index (χ0n) is 7.60. The molecule has 0 spiro atoms. The van der Waals surface area contributed by atoms with E-state index in [2.05, 4.69) is 0 Å². The summed E-state index contributed by atoms with van der Waals surface area (Å²) in [5, 5.41) is 8.61. The Labute approximate surface area is 76.0 Å². The average Bonchev–Trinajstić information content (AvgIpc) is 2.09. The summed E-state index contributed by atoms with van der Waals surface area (Å²) in [6, 6.07) is 2.96. The zero-order valence-corrected chi connectivity index (χ0v) is 7.60. The molecule has 2 nitrogen and oxygen atoms in total. The lowest BCUT2D eigenvalue weighted by atomic mass is 10.0. The Hall–Kier alpha value is -1.38. The highest BCUT2D eigenvalue weighted by Gasteiger charge is 2.13. The molecule has 0 radical (unpaired) electrons. The smallest absolute Gasteiger partial charge is 0.338 e. The van der Waals surface area contributed by atoms with E-state index >= 15 is 0 Å². The molecule has 0 saturated heterocycles. The Kier molecular flexibility index (Phi) is 2.66. The third kappa shape index (κ3) is 1.69. The van der Waals surface area contributed by atoms with Gasteiger partial charge < -0.3 is 5.11 Å². The summed E-state index contributed by atoms with van der Waals surface area (Å²) < 4.78 is 13.3. The largest absolute Gasteiger partial charge is 0.478 e. The van der Waals surface area contributed by atoms with Crippen LogP contribution in [0.5, 0.6) is 0 Å². The van der Waals surface area contributed by atoms with Crippen LogP contribution in [0.25, 0.3) is 0 Å². The minimum absolute atomic E-state index is 0.255. The SMILES string of the molecule is CCc1ccc(C(=O)O)c(F)c1C. The van der Waals surface area contributed by atoms with Crippen molar-refractivity contribution in [2.45, 2.75) is 20.3 Å². The third-order valence-electron chi connectivity index (χ3n) is 2.11. The quantitative estimate of drug-likeness (QED) is 0.762. The van der Waals surface area contributed by atoms with Crippen molar-refractivity contribution < 1.29 is 14.3 Å². The lowest BCUT2D eigenvalue weighted by Crippen LogP contribution is -2.04. The Morgan fingerprint density at radius 3 is 2.62 bits per heavy atom. The molecule has 0 amide bonds. The topological polar surface area (TPSA) is 37.3 Å². The summed E-state index contributed by atoms with van der Waals surface area (Å²) in [6.45, 7) is 3.50. The number of halogens is 1. The van der Waals surface area contributed by atoms with Gasteiger partial charge in [0.15, 0.2) is 0 Å². The van der Waals surface area contributed by atoms with Crippen LogP contribution >= 0.6 is 0 Å². The molecular formula is C10H11FO2. The van der Waals surface area contributed by atoms with Gasteiger partial charge in [0.1, 0.15) is 5.82 Å². The fourth-order valence-electron chi connectivity index (χ4n) is 1.27. The average molecular weight is 182 g/mol. The van der Waals surface area contributed by atoms with Gasteiger partial charge in [0, 0.05) is 0 Å². The molecule has 0 aliphatic heterocycles. The molecule has 0 atom stereocenters. The van der Waals surface area contributed by atoms with Crippen LogP contribution < -0.4 is 0 Å². The highest BCUT2D eigenvalue weighted by molar-refractivity contribution is 5.88. The van der Waals surface area contributed by atoms with Crippen LogP contribution in [-0.4, -0.2) is 11.1 Å². The number of hydrogen-bond acceptors (Lipinski definition) is 1. The van der Waals surface area contributed by atoms with Gasteiger partial charge in [-0.15, -0.1) is 0 Å². The minimum atomic E-state index is -1.22. The molecule has 70 valence electrons. The van der Waals surface area contributed by atoms with Crippen LogP contribution in [0, 0.1) is 12.7 Å². The van der Waals surface area contributed by atoms with Gasteiger partial charge in [-0.3, -0.25) is 0 Å². The van der Waals surface area contributed by atoms with E-state index in [-0.39, 0.29) is 5.56 Å². The molecule has 1 aromatic carbocycles. The molecule has 13 heavy (non-hydrogen) atoms. The number of carboxylic acids is 1. The molecule has 0 aromatic heterocycles. The number of hydrogen-bond donors (Lipinski definition) is 1. The lowest BCUT2D eigenvalue weighted by molar-refractivity contribution is 0.0691. The zero-order chi connectivity index (χ0) is 10.0. The lowest BCUT2D eigenvalue weighted by Gasteiger charge is -2.05. The number of aryl methyl sites for hydroxylation is 1. The first-order valence-corrected chi connectivity index (χ1v) is 4.09. The molecule has 0 saturated carbocycles. The van der Waals surface area contributed by atoms with E-state index in [0.717, 1.165) is 5.56 Å². The molecule has 1 N–H and O–H groups in total. The van der Waals surface area contributed by atoms with Gasteiger partial charge >= 0.3 is 5.97 Å². The molecule has 0 aliphatic rings. The van der Waals surface area contributed by atoms with E-state index in [1.165, 1.54) is 6.07 Å². The first-order valence-electron chi connectivity index (χ1n) is 4.09. The molecule has 3 heteroatoms. The van der Waals surface area contributed by atoms with Crippen molar-refractivity contribution in [1.29, 1.82) is 0 Å². The van der Waals surface area contributed by atoms with Crippen molar-refractivity contribution >= 4 is 5.97 Å². The Morgan fingerprint density at radius 2 is 2.15 bits per heavy atom. The molecule has 0 bridgehead atoms. The van der Waals surface area contributed by atoms with Crippen molar-refractivity contribution in [3.8, 4) is 0 Å². The van der Waals surface area contributed by atoms with E-state index in [4.69, 9.17) is 5.11 Å². The number of aromatic carboxylic acids is 1. The predicted octanol–water partition coefficient (Wildman–Crippen LogP) is 2.39. The molecule has 1 rings (SSSR count). The Morgan fingerprint density at radius 1 is 1.54 bits per heavy atom. The summed E-state index contributed by atoms with van der Waals surface area (Å²) in [5.41, 5.74) is 1.03. The second-order valence-corrected chi connectivity index (χ2v) is 2.87. The van der Waals surface area contributed by atoms with Crippen molar-refractivity contribution in [3.05, 3.63) is 34.6 Å². The van der Waals surface area contributed by atoms with Gasteiger partial charge in [0.05, 0.1) is 5.56 Å². The van der Waals surface area contributed by atoms with Gasteiger partial charge in [-0.2, -0.15) is 0 Å². The fourth-order valence-corrected chi connectivity index (χ4v) is 1.27. The van der Waals surface area contributed by atoms with Crippen molar-refractivity contribution in [2.75, 3.05) is 0 Å². The summed E-state index contributed by atoms with van der Waals surface area (Å²) in [7, 11) is 0. The van der Waals surface area contributed by atoms with Crippen molar-refractivity contribution in [2.24, 2.45) is 0 Å². The molecular weight excluding hydrogens is 171 g/mol. The molecule has 0 fully saturated rings. The monoisotopic (exact) mass is 182 g/mol. The maximum atomic E-state index is 13.3. The van der Waals surface area contributed by atoms with E-state index in [0.29, 0.717) is 12.0 Å². The van der Waals surface area contributed by atoms with Gasteiger partial charge in [0.2, 0.25) is 0 Å². The van der Waals surface area contributed by atoms with E-state index in [1.54, 1.807) is 13.0 Å². The van der Waals surface area contributed by atoms with E-state index < -0.39 is 11.8 Å².